The van der Waals surface area contributed by atoms with E-state index in [4.69, 9.17) is 4.98 Å². The average Bonchev–Trinajstić information content (AvgIpc) is 3.35. The summed E-state index contributed by atoms with van der Waals surface area (Å²) in [6, 6.07) is 1.33. The summed E-state index contributed by atoms with van der Waals surface area (Å²) in [4.78, 5) is 8.37. The summed E-state index contributed by atoms with van der Waals surface area (Å²) < 4.78 is 2.26. The van der Waals surface area contributed by atoms with E-state index in [-0.39, 0.29) is 0 Å². The molecule has 5 heteroatoms. The predicted octanol–water partition coefficient (Wildman–Crippen LogP) is 2.88. The van der Waals surface area contributed by atoms with Crippen molar-refractivity contribution in [1.29, 1.82) is 0 Å². The highest BCUT2D eigenvalue weighted by atomic mass is 32.1. The third-order valence-corrected chi connectivity index (χ3v) is 5.48. The van der Waals surface area contributed by atoms with Gasteiger partial charge in [-0.2, -0.15) is 0 Å². The van der Waals surface area contributed by atoms with E-state index >= 15 is 0 Å². The van der Waals surface area contributed by atoms with Crippen molar-refractivity contribution < 1.29 is 0 Å². The molecule has 0 aliphatic heterocycles. The standard InChI is InChI=1S/C15H22N4S/c1-10(11-3-4-11)18(2)14-13(9-16-12-5-6-12)19-7-8-20-15(19)17-14/h7-8,10-12,16H,3-6,9H2,1-2H3. The number of nitrogens with one attached hydrogen (secondary N) is 1. The van der Waals surface area contributed by atoms with Gasteiger partial charge in [-0.05, 0) is 38.5 Å². The van der Waals surface area contributed by atoms with E-state index in [2.05, 4.69) is 40.2 Å². The quantitative estimate of drug-likeness (QED) is 0.888. The molecule has 0 aromatic carbocycles. The van der Waals surface area contributed by atoms with E-state index in [1.807, 2.05) is 0 Å². The lowest BCUT2D eigenvalue weighted by Crippen LogP contribution is -2.32. The lowest BCUT2D eigenvalue weighted by Gasteiger charge is -2.26. The Morgan fingerprint density at radius 1 is 1.45 bits per heavy atom. The fraction of sp³-hybridized carbons (Fsp3) is 0.667. The molecule has 2 heterocycles. The Morgan fingerprint density at radius 2 is 2.25 bits per heavy atom. The molecule has 0 saturated heterocycles. The Kier molecular flexibility index (Phi) is 3.00. The number of nitrogens with zero attached hydrogens (tertiary/aromatic N) is 3. The number of hydrogen-bond donors (Lipinski definition) is 1. The van der Waals surface area contributed by atoms with Gasteiger partial charge < -0.3 is 10.2 Å². The minimum absolute atomic E-state index is 0.597. The Bertz CT molecular complexity index is 608. The van der Waals surface area contributed by atoms with Gasteiger partial charge in [0.2, 0.25) is 0 Å². The topological polar surface area (TPSA) is 32.6 Å². The Morgan fingerprint density at radius 3 is 2.95 bits per heavy atom. The second-order valence-electron chi connectivity index (χ2n) is 6.28. The van der Waals surface area contributed by atoms with Gasteiger partial charge in [0.15, 0.2) is 10.8 Å². The van der Waals surface area contributed by atoms with Crippen molar-refractivity contribution >= 4 is 22.1 Å². The molecule has 2 aliphatic rings. The smallest absolute Gasteiger partial charge is 0.195 e. The van der Waals surface area contributed by atoms with Gasteiger partial charge in [0.1, 0.15) is 0 Å². The highest BCUT2D eigenvalue weighted by molar-refractivity contribution is 7.15. The number of rotatable bonds is 6. The van der Waals surface area contributed by atoms with Gasteiger partial charge >= 0.3 is 0 Å². The molecule has 2 saturated carbocycles. The van der Waals surface area contributed by atoms with E-state index < -0.39 is 0 Å². The first-order chi connectivity index (χ1) is 9.74. The molecule has 20 heavy (non-hydrogen) atoms. The molecule has 108 valence electrons. The molecule has 4 nitrogen and oxygen atoms in total. The summed E-state index contributed by atoms with van der Waals surface area (Å²) in [7, 11) is 2.20. The van der Waals surface area contributed by atoms with Crippen molar-refractivity contribution in [2.45, 2.75) is 51.2 Å². The molecule has 1 N–H and O–H groups in total. The predicted molar refractivity (Wildman–Crippen MR) is 83.5 cm³/mol. The van der Waals surface area contributed by atoms with Crippen molar-refractivity contribution in [2.75, 3.05) is 11.9 Å². The molecule has 0 radical (unpaired) electrons. The van der Waals surface area contributed by atoms with Gasteiger partial charge in [-0.1, -0.05) is 0 Å². The third-order valence-electron chi connectivity index (χ3n) is 4.72. The highest BCUT2D eigenvalue weighted by Crippen LogP contribution is 2.37. The highest BCUT2D eigenvalue weighted by Gasteiger charge is 2.33. The number of fused-ring (bicyclic) bond motifs is 1. The van der Waals surface area contributed by atoms with Crippen LogP contribution in [0.1, 0.15) is 38.3 Å². The largest absolute Gasteiger partial charge is 0.355 e. The molecular formula is C15H22N4S. The zero-order valence-electron chi connectivity index (χ0n) is 12.2. The van der Waals surface area contributed by atoms with Crippen LogP contribution in [0.15, 0.2) is 11.6 Å². The summed E-state index contributed by atoms with van der Waals surface area (Å²) in [5, 5.41) is 5.76. The van der Waals surface area contributed by atoms with Crippen LogP contribution < -0.4 is 10.2 Å². The van der Waals surface area contributed by atoms with Gasteiger partial charge in [-0.3, -0.25) is 4.40 Å². The second kappa shape index (κ2) is 4.74. The van der Waals surface area contributed by atoms with Crippen molar-refractivity contribution in [2.24, 2.45) is 5.92 Å². The second-order valence-corrected chi connectivity index (χ2v) is 7.15. The van der Waals surface area contributed by atoms with Crippen molar-refractivity contribution in [3.63, 3.8) is 0 Å². The summed E-state index contributed by atoms with van der Waals surface area (Å²) >= 11 is 1.72. The SMILES string of the molecule is CC(C1CC1)N(C)c1nc2sccn2c1CNC1CC1. The summed E-state index contributed by atoms with van der Waals surface area (Å²) in [6.07, 6.45) is 7.56. The molecule has 2 aromatic rings. The van der Waals surface area contributed by atoms with Crippen molar-refractivity contribution in [3.8, 4) is 0 Å². The Hall–Kier alpha value is -1.07. The van der Waals surface area contributed by atoms with E-state index in [0.29, 0.717) is 6.04 Å². The Balaban J connectivity index is 1.64. The zero-order chi connectivity index (χ0) is 13.7. The monoisotopic (exact) mass is 290 g/mol. The van der Waals surface area contributed by atoms with Gasteiger partial charge in [0.25, 0.3) is 0 Å². The van der Waals surface area contributed by atoms with Gasteiger partial charge in [-0.25, -0.2) is 4.98 Å². The van der Waals surface area contributed by atoms with Crippen LogP contribution in [0.25, 0.3) is 4.96 Å². The van der Waals surface area contributed by atoms with Crippen LogP contribution in [0.4, 0.5) is 5.82 Å². The van der Waals surface area contributed by atoms with E-state index in [1.54, 1.807) is 11.3 Å². The van der Waals surface area contributed by atoms with Crippen LogP contribution in [-0.4, -0.2) is 28.5 Å². The van der Waals surface area contributed by atoms with Crippen molar-refractivity contribution in [3.05, 3.63) is 17.3 Å². The maximum Gasteiger partial charge on any atom is 0.195 e. The van der Waals surface area contributed by atoms with Crippen LogP contribution in [0, 0.1) is 5.92 Å². The molecule has 1 unspecified atom stereocenters. The number of hydrogen-bond acceptors (Lipinski definition) is 4. The zero-order valence-corrected chi connectivity index (χ0v) is 13.0. The minimum Gasteiger partial charge on any atom is -0.355 e. The molecule has 2 aliphatic carbocycles. The first kappa shape index (κ1) is 12.7. The summed E-state index contributed by atoms with van der Waals surface area (Å²) in [5.41, 5.74) is 1.32. The molecule has 2 fully saturated rings. The van der Waals surface area contributed by atoms with Gasteiger partial charge in [0.05, 0.1) is 5.69 Å². The van der Waals surface area contributed by atoms with Gasteiger partial charge in [0, 0.05) is 37.3 Å². The van der Waals surface area contributed by atoms with Crippen LogP contribution in [0.5, 0.6) is 0 Å². The molecule has 4 rings (SSSR count). The number of imidazole rings is 1. The number of thiazole rings is 1. The van der Waals surface area contributed by atoms with E-state index in [1.165, 1.54) is 37.2 Å². The minimum atomic E-state index is 0.597. The van der Waals surface area contributed by atoms with Crippen LogP contribution in [0.3, 0.4) is 0 Å². The van der Waals surface area contributed by atoms with Gasteiger partial charge in [-0.15, -0.1) is 11.3 Å². The fourth-order valence-electron chi connectivity index (χ4n) is 2.88. The first-order valence-electron chi connectivity index (χ1n) is 7.64. The van der Waals surface area contributed by atoms with E-state index in [0.717, 1.165) is 23.5 Å². The average molecular weight is 290 g/mol. The molecule has 0 amide bonds. The van der Waals surface area contributed by atoms with Crippen LogP contribution >= 0.6 is 11.3 Å². The normalized spacial score (nSPS) is 20.5. The molecule has 0 spiro atoms. The maximum atomic E-state index is 4.87. The molecule has 2 aromatic heterocycles. The first-order valence-corrected chi connectivity index (χ1v) is 8.52. The number of anilines is 1. The summed E-state index contributed by atoms with van der Waals surface area (Å²) in [5.74, 6) is 2.04. The van der Waals surface area contributed by atoms with Crippen LogP contribution in [-0.2, 0) is 6.54 Å². The Labute approximate surface area is 123 Å². The van der Waals surface area contributed by atoms with E-state index in [9.17, 15) is 0 Å². The lowest BCUT2D eigenvalue weighted by molar-refractivity contribution is 0.597. The fourth-order valence-corrected chi connectivity index (χ4v) is 3.61. The lowest BCUT2D eigenvalue weighted by atomic mass is 10.2. The third kappa shape index (κ3) is 2.23. The molecular weight excluding hydrogens is 268 g/mol. The maximum absolute atomic E-state index is 4.87. The molecule has 0 bridgehead atoms. The molecule has 1 atom stereocenters. The van der Waals surface area contributed by atoms with Crippen molar-refractivity contribution in [1.82, 2.24) is 14.7 Å². The number of aromatic nitrogens is 2. The summed E-state index contributed by atoms with van der Waals surface area (Å²) in [6.45, 7) is 3.27. The van der Waals surface area contributed by atoms with Crippen LogP contribution in [0.2, 0.25) is 0 Å².